The molecule has 17 N–H and O–H groups in total. The number of aliphatic hydroxyl groups excluding tert-OH is 1. The molecule has 0 bridgehead atoms. The number of unbranched alkanes of at least 4 members (excludes halogenated alkanes) is 1. The van der Waals surface area contributed by atoms with E-state index in [0.717, 1.165) is 21.8 Å². The highest BCUT2D eigenvalue weighted by Gasteiger charge is 2.36. The average Bonchev–Trinajstić information content (AvgIpc) is 3.98. The first-order chi connectivity index (χ1) is 36.1. The Balaban J connectivity index is 1.64. The molecule has 22 nitrogen and oxygen atoms in total. The van der Waals surface area contributed by atoms with Crippen LogP contribution in [0.25, 0.3) is 21.8 Å². The van der Waals surface area contributed by atoms with E-state index in [4.69, 9.17) is 17.2 Å². The molecule has 2 aromatic carbocycles. The van der Waals surface area contributed by atoms with E-state index >= 15 is 0 Å². The van der Waals surface area contributed by atoms with Crippen molar-refractivity contribution in [3.8, 4) is 0 Å². The number of fused-ring (bicyclic) bond motifs is 2. The van der Waals surface area contributed by atoms with Gasteiger partial charge in [0.15, 0.2) is 0 Å². The van der Waals surface area contributed by atoms with Crippen molar-refractivity contribution in [3.05, 3.63) is 72.1 Å². The van der Waals surface area contributed by atoms with Gasteiger partial charge in [0.2, 0.25) is 41.4 Å². The Morgan fingerprint density at radius 2 is 0.842 bits per heavy atom. The summed E-state index contributed by atoms with van der Waals surface area (Å²) in [4.78, 5) is 117. The van der Waals surface area contributed by atoms with E-state index in [-0.39, 0.29) is 69.2 Å². The highest BCUT2D eigenvalue weighted by Crippen LogP contribution is 2.22. The highest BCUT2D eigenvalue weighted by atomic mass is 16.4. The fourth-order valence-electron chi connectivity index (χ4n) is 8.90. The summed E-state index contributed by atoms with van der Waals surface area (Å²) in [6, 6.07) is 4.69. The Labute approximate surface area is 444 Å². The van der Waals surface area contributed by atoms with Gasteiger partial charge in [-0.2, -0.15) is 0 Å². The molecular formula is C54H82N12O10. The van der Waals surface area contributed by atoms with Crippen LogP contribution in [0.4, 0.5) is 0 Å². The third-order valence-corrected chi connectivity index (χ3v) is 12.9. The van der Waals surface area contributed by atoms with Crippen LogP contribution in [0.15, 0.2) is 60.9 Å². The molecule has 4 rings (SSSR count). The third kappa shape index (κ3) is 19.0. The fourth-order valence-corrected chi connectivity index (χ4v) is 8.90. The minimum absolute atomic E-state index is 0.0276. The molecule has 22 heteroatoms. The number of hydrogen-bond acceptors (Lipinski definition) is 12. The number of H-pyrrole nitrogens is 2. The van der Waals surface area contributed by atoms with Gasteiger partial charge in [0.1, 0.15) is 42.3 Å². The first-order valence-corrected chi connectivity index (χ1v) is 26.4. The summed E-state index contributed by atoms with van der Waals surface area (Å²) >= 11 is 0. The van der Waals surface area contributed by atoms with Gasteiger partial charge in [0, 0.05) is 47.0 Å². The molecule has 2 heterocycles. The molecule has 8 atom stereocenters. The summed E-state index contributed by atoms with van der Waals surface area (Å²) in [6.45, 7) is 10.8. The largest absolute Gasteiger partial charge is 0.480 e. The molecular weight excluding hydrogens is 977 g/mol. The monoisotopic (exact) mass is 1060 g/mol. The summed E-state index contributed by atoms with van der Waals surface area (Å²) in [6.07, 6.45) is 5.47. The molecule has 4 aromatic rings. The Kier molecular flexibility index (Phi) is 24.8. The molecule has 0 saturated carbocycles. The lowest BCUT2D eigenvalue weighted by Crippen LogP contribution is -2.61. The Bertz CT molecular complexity index is 2560. The molecule has 418 valence electrons. The summed E-state index contributed by atoms with van der Waals surface area (Å²) in [7, 11) is 0. The molecule has 0 aliphatic rings. The van der Waals surface area contributed by atoms with Gasteiger partial charge in [0.25, 0.3) is 0 Å². The van der Waals surface area contributed by atoms with Crippen LogP contribution in [0.1, 0.15) is 104 Å². The molecule has 0 spiro atoms. The second-order valence-corrected chi connectivity index (χ2v) is 20.8. The van der Waals surface area contributed by atoms with Crippen molar-refractivity contribution in [2.45, 2.75) is 154 Å². The van der Waals surface area contributed by atoms with Crippen LogP contribution in [0.3, 0.4) is 0 Å². The Hall–Kier alpha value is -6.88. The molecule has 0 fully saturated rings. The number of rotatable bonds is 33. The fraction of sp³-hybridized carbons (Fsp3) is 0.556. The maximum Gasteiger partial charge on any atom is 0.326 e. The first kappa shape index (κ1) is 61.7. The van der Waals surface area contributed by atoms with Gasteiger partial charge in [-0.25, -0.2) is 4.79 Å². The maximum atomic E-state index is 14.8. The van der Waals surface area contributed by atoms with E-state index in [1.165, 1.54) is 0 Å². The Morgan fingerprint density at radius 1 is 0.474 bits per heavy atom. The number of benzene rings is 2. The molecule has 0 radical (unpaired) electrons. The SMILES string of the molecule is CC(C)C[C@@H](NC(=O)[C@H](Cc1c[nH]c2ccccc12)NC(=O)[C@@H](CC(C)C)NC(=O)[C@H](Cc1c[nH]c2ccccc12)NC(=O)[C@@H](CC(C)C)NC(=O)[C@H](CCCN)NC(=O)[C@@H](CO)NC(=O)[C@@H](N)CCCCN)C(=O)O. The zero-order valence-corrected chi connectivity index (χ0v) is 44.7. The lowest BCUT2D eigenvalue weighted by Gasteiger charge is -2.29. The maximum absolute atomic E-state index is 14.8. The normalized spacial score (nSPS) is 14.8. The molecule has 0 aliphatic heterocycles. The summed E-state index contributed by atoms with van der Waals surface area (Å²) in [5.41, 5.74) is 20.3. The van der Waals surface area contributed by atoms with E-state index in [0.29, 0.717) is 36.9 Å². The van der Waals surface area contributed by atoms with Gasteiger partial charge in [-0.1, -0.05) is 84.4 Å². The van der Waals surface area contributed by atoms with Crippen molar-refractivity contribution >= 4 is 69.1 Å². The molecule has 2 aromatic heterocycles. The average molecular weight is 1060 g/mol. The quantitative estimate of drug-likeness (QED) is 0.0299. The predicted molar refractivity (Wildman–Crippen MR) is 290 cm³/mol. The minimum Gasteiger partial charge on any atom is -0.480 e. The van der Waals surface area contributed by atoms with Gasteiger partial charge < -0.3 is 74.6 Å². The van der Waals surface area contributed by atoms with Gasteiger partial charge >= 0.3 is 5.97 Å². The summed E-state index contributed by atoms with van der Waals surface area (Å²) < 4.78 is 0. The topological polar surface area (TPSA) is 371 Å². The van der Waals surface area contributed by atoms with E-state index in [2.05, 4.69) is 47.2 Å². The van der Waals surface area contributed by atoms with Crippen LogP contribution < -0.4 is 54.4 Å². The van der Waals surface area contributed by atoms with Crippen molar-refractivity contribution < 1.29 is 48.6 Å². The number of hydrogen-bond donors (Lipinski definition) is 14. The van der Waals surface area contributed by atoms with Crippen LogP contribution in [0, 0.1) is 17.8 Å². The smallest absolute Gasteiger partial charge is 0.326 e. The number of carboxylic acids is 1. The number of nitrogens with one attached hydrogen (secondary N) is 9. The standard InChI is InChI=1S/C54H82N12O10/c1-30(2)22-41(61-48(69)40(19-13-21-56)60-53(74)46(29-67)66-47(68)37(57)16-11-12-20-55)49(70)63-43(25-33-27-58-38-17-9-7-14-35(33)38)51(72)62-42(23-31(3)4)50(71)64-44(52(73)65-45(54(75)76)24-32(5)6)26-34-28-59-39-18-10-8-15-36(34)39/h7-10,14-15,17-18,27-28,30-32,37,40-46,58-59,67H,11-13,16,19-26,29,55-57H2,1-6H3,(H,60,74)(H,61,69)(H,62,72)(H,63,70)(H,64,71)(H,65,73)(H,66,68)(H,75,76)/t37-,40-,41+,42+,43-,44-,45+,46+/m0/s1. The number of aliphatic hydroxyl groups is 1. The van der Waals surface area contributed by atoms with Gasteiger partial charge in [-0.3, -0.25) is 33.6 Å². The number of aromatic nitrogens is 2. The van der Waals surface area contributed by atoms with Crippen LogP contribution >= 0.6 is 0 Å². The predicted octanol–water partition coefficient (Wildman–Crippen LogP) is 1.24. The van der Waals surface area contributed by atoms with Crippen molar-refractivity contribution in [1.29, 1.82) is 0 Å². The van der Waals surface area contributed by atoms with Crippen molar-refractivity contribution in [2.24, 2.45) is 35.0 Å². The molecule has 7 amide bonds. The molecule has 0 unspecified atom stereocenters. The Morgan fingerprint density at radius 3 is 1.28 bits per heavy atom. The number of para-hydroxylation sites is 2. The number of nitrogens with two attached hydrogens (primary N) is 3. The molecule has 0 saturated heterocycles. The van der Waals surface area contributed by atoms with Crippen LogP contribution in [0.5, 0.6) is 0 Å². The summed E-state index contributed by atoms with van der Waals surface area (Å²) in [5.74, 6) is -6.93. The molecule has 0 aliphatic carbocycles. The van der Waals surface area contributed by atoms with Crippen molar-refractivity contribution in [1.82, 2.24) is 47.2 Å². The lowest BCUT2D eigenvalue weighted by molar-refractivity contribution is -0.142. The number of aliphatic carboxylic acids is 1. The minimum atomic E-state index is -1.46. The zero-order valence-electron chi connectivity index (χ0n) is 44.7. The number of carbonyl (C=O) groups is 8. The third-order valence-electron chi connectivity index (χ3n) is 12.9. The van der Waals surface area contributed by atoms with Gasteiger partial charge in [-0.15, -0.1) is 0 Å². The lowest BCUT2D eigenvalue weighted by atomic mass is 9.98. The van der Waals surface area contributed by atoms with Crippen LogP contribution in [0.2, 0.25) is 0 Å². The van der Waals surface area contributed by atoms with Gasteiger partial charge in [0.05, 0.1) is 12.6 Å². The van der Waals surface area contributed by atoms with Crippen LogP contribution in [-0.4, -0.2) is 136 Å². The number of carbonyl (C=O) groups excluding carboxylic acids is 7. The van der Waals surface area contributed by atoms with E-state index in [1.807, 2.05) is 90.1 Å². The van der Waals surface area contributed by atoms with E-state index in [1.54, 1.807) is 12.4 Å². The van der Waals surface area contributed by atoms with E-state index < -0.39 is 102 Å². The second-order valence-electron chi connectivity index (χ2n) is 20.8. The van der Waals surface area contributed by atoms with Gasteiger partial charge in [-0.05, 0) is 99.0 Å². The molecule has 76 heavy (non-hydrogen) atoms. The van der Waals surface area contributed by atoms with Crippen molar-refractivity contribution in [2.75, 3.05) is 19.7 Å². The van der Waals surface area contributed by atoms with Crippen molar-refractivity contribution in [3.63, 3.8) is 0 Å². The number of amides is 7. The van der Waals surface area contributed by atoms with E-state index in [9.17, 15) is 48.6 Å². The highest BCUT2D eigenvalue weighted by molar-refractivity contribution is 5.98. The first-order valence-electron chi connectivity index (χ1n) is 26.4. The second kappa shape index (κ2) is 30.6. The zero-order chi connectivity index (χ0) is 56.1. The van der Waals surface area contributed by atoms with Crippen LogP contribution in [-0.2, 0) is 51.2 Å². The number of aromatic amines is 2. The number of carboxylic acid groups (broad SMARTS) is 1. The summed E-state index contributed by atoms with van der Waals surface area (Å²) in [5, 5.41) is 40.6.